The van der Waals surface area contributed by atoms with Gasteiger partial charge in [0.25, 0.3) is 0 Å². The number of benzene rings is 4. The van der Waals surface area contributed by atoms with Crippen LogP contribution in [0.5, 0.6) is 0 Å². The summed E-state index contributed by atoms with van der Waals surface area (Å²) >= 11 is 3.86. The molecule has 4 rings (SSSR count). The van der Waals surface area contributed by atoms with Crippen molar-refractivity contribution in [1.29, 1.82) is 0 Å². The van der Waals surface area contributed by atoms with E-state index in [0.29, 0.717) is 0 Å². The van der Waals surface area contributed by atoms with E-state index in [2.05, 4.69) is 113 Å². The Morgan fingerprint density at radius 3 is 1.04 bits per heavy atom. The molecular formula is C25H19Br. The van der Waals surface area contributed by atoms with E-state index >= 15 is 0 Å². The molecule has 0 heterocycles. The van der Waals surface area contributed by atoms with Gasteiger partial charge < -0.3 is 0 Å². The maximum Gasteiger partial charge on any atom is 0.0644 e. The smallest absolute Gasteiger partial charge is 0.0644 e. The van der Waals surface area contributed by atoms with Gasteiger partial charge in [-0.2, -0.15) is 0 Å². The molecule has 0 aliphatic rings. The van der Waals surface area contributed by atoms with Crippen LogP contribution in [0.1, 0.15) is 16.0 Å². The summed E-state index contributed by atoms with van der Waals surface area (Å²) in [5.74, 6) is 0. The molecule has 0 bridgehead atoms. The second-order valence-electron chi connectivity index (χ2n) is 6.34. The van der Waals surface area contributed by atoms with Gasteiger partial charge in [-0.1, -0.05) is 125 Å². The molecule has 0 aliphatic carbocycles. The predicted molar refractivity (Wildman–Crippen MR) is 115 cm³/mol. The van der Waals surface area contributed by atoms with E-state index in [9.17, 15) is 0 Å². The lowest BCUT2D eigenvalue weighted by Gasteiger charge is -2.13. The number of rotatable bonds is 4. The molecule has 0 radical (unpaired) electrons. The highest BCUT2D eigenvalue weighted by Crippen LogP contribution is 2.33. The Balaban J connectivity index is 1.55. The lowest BCUT2D eigenvalue weighted by atomic mass is 9.98. The van der Waals surface area contributed by atoms with Crippen molar-refractivity contribution < 1.29 is 0 Å². The first-order valence-electron chi connectivity index (χ1n) is 8.76. The molecule has 0 spiro atoms. The highest BCUT2D eigenvalue weighted by Gasteiger charge is 2.11. The van der Waals surface area contributed by atoms with Crippen LogP contribution < -0.4 is 0 Å². The minimum absolute atomic E-state index is 0.192. The first kappa shape index (κ1) is 16.8. The van der Waals surface area contributed by atoms with Crippen LogP contribution in [0.4, 0.5) is 0 Å². The van der Waals surface area contributed by atoms with Gasteiger partial charge in [-0.3, -0.25) is 0 Å². The van der Waals surface area contributed by atoms with Gasteiger partial charge >= 0.3 is 0 Å². The topological polar surface area (TPSA) is 0 Å². The lowest BCUT2D eigenvalue weighted by molar-refractivity contribution is 1.18. The van der Waals surface area contributed by atoms with Crippen molar-refractivity contribution in [3.63, 3.8) is 0 Å². The molecule has 0 fully saturated rings. The molecule has 4 aromatic rings. The average molecular weight is 399 g/mol. The Morgan fingerprint density at radius 2 is 0.692 bits per heavy atom. The second kappa shape index (κ2) is 7.72. The molecule has 0 unspecified atom stereocenters. The summed E-state index contributed by atoms with van der Waals surface area (Å²) in [6, 6.07) is 38.5. The van der Waals surface area contributed by atoms with Crippen LogP contribution in [0.15, 0.2) is 109 Å². The zero-order chi connectivity index (χ0) is 17.8. The van der Waals surface area contributed by atoms with Gasteiger partial charge in [-0.15, -0.1) is 0 Å². The van der Waals surface area contributed by atoms with Crippen molar-refractivity contribution in [2.24, 2.45) is 0 Å². The monoisotopic (exact) mass is 398 g/mol. The van der Waals surface area contributed by atoms with Crippen LogP contribution >= 0.6 is 15.9 Å². The molecule has 0 aliphatic heterocycles. The van der Waals surface area contributed by atoms with Crippen LogP contribution in [0.3, 0.4) is 0 Å². The van der Waals surface area contributed by atoms with E-state index < -0.39 is 0 Å². The van der Waals surface area contributed by atoms with Gasteiger partial charge in [0.1, 0.15) is 0 Å². The van der Waals surface area contributed by atoms with Crippen LogP contribution in [0.2, 0.25) is 0 Å². The average Bonchev–Trinajstić information content (AvgIpc) is 2.75. The number of hydrogen-bond acceptors (Lipinski definition) is 0. The van der Waals surface area contributed by atoms with Gasteiger partial charge in [0.2, 0.25) is 0 Å². The fourth-order valence-corrected chi connectivity index (χ4v) is 3.75. The van der Waals surface area contributed by atoms with Gasteiger partial charge in [0.15, 0.2) is 0 Å². The maximum atomic E-state index is 3.86. The van der Waals surface area contributed by atoms with Crippen LogP contribution in [-0.2, 0) is 0 Å². The largest absolute Gasteiger partial charge is 0.0786 e. The highest BCUT2D eigenvalue weighted by molar-refractivity contribution is 9.09. The third kappa shape index (κ3) is 3.63. The molecule has 26 heavy (non-hydrogen) atoms. The minimum Gasteiger partial charge on any atom is -0.0786 e. The fraction of sp³-hybridized carbons (Fsp3) is 0.0400. The molecule has 0 amide bonds. The van der Waals surface area contributed by atoms with E-state index in [0.717, 1.165) is 0 Å². The van der Waals surface area contributed by atoms with Gasteiger partial charge in [0, 0.05) is 0 Å². The van der Waals surface area contributed by atoms with Crippen molar-refractivity contribution in [2.45, 2.75) is 4.83 Å². The normalized spacial score (nSPS) is 10.8. The second-order valence-corrected chi connectivity index (χ2v) is 7.25. The van der Waals surface area contributed by atoms with E-state index in [1.165, 1.54) is 33.4 Å². The minimum atomic E-state index is 0.192. The molecule has 0 nitrogen and oxygen atoms in total. The molecule has 0 N–H and O–H groups in total. The molecule has 1 heteroatoms. The van der Waals surface area contributed by atoms with Crippen molar-refractivity contribution in [3.8, 4) is 22.3 Å². The molecule has 0 saturated heterocycles. The van der Waals surface area contributed by atoms with E-state index in [1.54, 1.807) is 0 Å². The van der Waals surface area contributed by atoms with Crippen molar-refractivity contribution in [3.05, 3.63) is 120 Å². The summed E-state index contributed by atoms with van der Waals surface area (Å²) in [6.07, 6.45) is 0. The zero-order valence-corrected chi connectivity index (χ0v) is 15.9. The van der Waals surface area contributed by atoms with Gasteiger partial charge in [-0.05, 0) is 33.4 Å². The summed E-state index contributed by atoms with van der Waals surface area (Å²) in [4.78, 5) is 0.192. The Labute approximate surface area is 163 Å². The van der Waals surface area contributed by atoms with Crippen molar-refractivity contribution in [2.75, 3.05) is 0 Å². The quantitative estimate of drug-likeness (QED) is 0.312. The lowest BCUT2D eigenvalue weighted by Crippen LogP contribution is -1.93. The Morgan fingerprint density at radius 1 is 0.385 bits per heavy atom. The third-order valence-corrected chi connectivity index (χ3v) is 5.68. The Bertz CT molecular complexity index is 873. The summed E-state index contributed by atoms with van der Waals surface area (Å²) in [6.45, 7) is 0. The van der Waals surface area contributed by atoms with Crippen LogP contribution in [0, 0.1) is 0 Å². The number of hydrogen-bond donors (Lipinski definition) is 0. The molecule has 0 aromatic heterocycles. The SMILES string of the molecule is BrC(c1ccc(-c2ccccc2)cc1)c1ccc(-c2ccccc2)cc1. The summed E-state index contributed by atoms with van der Waals surface area (Å²) in [5, 5.41) is 0. The molecule has 0 saturated carbocycles. The Kier molecular flexibility index (Phi) is 4.99. The van der Waals surface area contributed by atoms with Crippen LogP contribution in [0.25, 0.3) is 22.3 Å². The number of alkyl halides is 1. The number of halogens is 1. The first-order valence-corrected chi connectivity index (χ1v) is 9.68. The predicted octanol–water partition coefficient (Wildman–Crippen LogP) is 7.50. The summed E-state index contributed by atoms with van der Waals surface area (Å²) in [5.41, 5.74) is 7.51. The summed E-state index contributed by atoms with van der Waals surface area (Å²) in [7, 11) is 0. The highest BCUT2D eigenvalue weighted by atomic mass is 79.9. The molecule has 4 aromatic carbocycles. The molecular weight excluding hydrogens is 380 g/mol. The zero-order valence-electron chi connectivity index (χ0n) is 14.3. The first-order chi connectivity index (χ1) is 12.8. The van der Waals surface area contributed by atoms with Gasteiger partial charge in [-0.25, -0.2) is 0 Å². The Hall–Kier alpha value is -2.64. The fourth-order valence-electron chi connectivity index (χ4n) is 3.14. The van der Waals surface area contributed by atoms with E-state index in [-0.39, 0.29) is 4.83 Å². The van der Waals surface area contributed by atoms with Crippen LogP contribution in [-0.4, -0.2) is 0 Å². The summed E-state index contributed by atoms with van der Waals surface area (Å²) < 4.78 is 0. The maximum absolute atomic E-state index is 3.86. The molecule has 126 valence electrons. The third-order valence-electron chi connectivity index (χ3n) is 4.62. The van der Waals surface area contributed by atoms with Gasteiger partial charge in [0.05, 0.1) is 4.83 Å². The van der Waals surface area contributed by atoms with Crippen molar-refractivity contribution in [1.82, 2.24) is 0 Å². The van der Waals surface area contributed by atoms with Crippen molar-refractivity contribution >= 4 is 15.9 Å². The van der Waals surface area contributed by atoms with E-state index in [1.807, 2.05) is 12.1 Å². The molecule has 0 atom stereocenters. The van der Waals surface area contributed by atoms with E-state index in [4.69, 9.17) is 0 Å². The standard InChI is InChI=1S/C25H19Br/c26-25(23-15-11-21(12-16-23)19-7-3-1-4-8-19)24-17-13-22(14-18-24)20-9-5-2-6-10-20/h1-18,25H.